The van der Waals surface area contributed by atoms with Crippen molar-refractivity contribution in [3.63, 3.8) is 0 Å². The Morgan fingerprint density at radius 2 is 2.11 bits per heavy atom. The van der Waals surface area contributed by atoms with Crippen LogP contribution in [-0.2, 0) is 13.5 Å². The second-order valence-electron chi connectivity index (χ2n) is 5.10. The van der Waals surface area contributed by atoms with Gasteiger partial charge in [-0.05, 0) is 37.4 Å². The van der Waals surface area contributed by atoms with Crippen molar-refractivity contribution in [1.29, 1.82) is 0 Å². The number of hydrogen-bond donors (Lipinski definition) is 1. The van der Waals surface area contributed by atoms with E-state index in [9.17, 15) is 0 Å². The summed E-state index contributed by atoms with van der Waals surface area (Å²) in [6.45, 7) is 3.20. The minimum absolute atomic E-state index is 0.544. The molecule has 0 aliphatic rings. The van der Waals surface area contributed by atoms with Gasteiger partial charge in [0.15, 0.2) is 0 Å². The van der Waals surface area contributed by atoms with Crippen LogP contribution < -0.4 is 5.32 Å². The molecule has 1 aromatic heterocycles. The Morgan fingerprint density at radius 1 is 1.32 bits per heavy atom. The van der Waals surface area contributed by atoms with E-state index in [-0.39, 0.29) is 0 Å². The van der Waals surface area contributed by atoms with Gasteiger partial charge in [-0.1, -0.05) is 24.3 Å². The quantitative estimate of drug-likeness (QED) is 0.862. The molecule has 0 radical (unpaired) electrons. The SMILES string of the molecule is CNCC(CCc1nccn1C)c1ccccc1C. The molecule has 1 aromatic carbocycles. The number of rotatable bonds is 6. The maximum Gasteiger partial charge on any atom is 0.108 e. The zero-order chi connectivity index (χ0) is 13.7. The molecular weight excluding hydrogens is 234 g/mol. The Balaban J connectivity index is 2.09. The molecule has 102 valence electrons. The molecule has 0 saturated carbocycles. The molecule has 19 heavy (non-hydrogen) atoms. The summed E-state index contributed by atoms with van der Waals surface area (Å²) in [5, 5.41) is 3.31. The van der Waals surface area contributed by atoms with Gasteiger partial charge in [0.25, 0.3) is 0 Å². The Bertz CT molecular complexity index is 516. The van der Waals surface area contributed by atoms with Gasteiger partial charge in [0.2, 0.25) is 0 Å². The first-order valence-corrected chi connectivity index (χ1v) is 6.88. The molecule has 2 aromatic rings. The lowest BCUT2D eigenvalue weighted by Crippen LogP contribution is -2.19. The predicted molar refractivity (Wildman–Crippen MR) is 79.4 cm³/mol. The van der Waals surface area contributed by atoms with Gasteiger partial charge in [-0.3, -0.25) is 0 Å². The molecule has 1 unspecified atom stereocenters. The van der Waals surface area contributed by atoms with Crippen molar-refractivity contribution in [2.24, 2.45) is 7.05 Å². The summed E-state index contributed by atoms with van der Waals surface area (Å²) in [5.74, 6) is 1.71. The number of aryl methyl sites for hydroxylation is 3. The standard InChI is InChI=1S/C16H23N3/c1-13-6-4-5-7-15(13)14(12-17-2)8-9-16-18-10-11-19(16)3/h4-7,10-11,14,17H,8-9,12H2,1-3H3. The molecule has 3 heteroatoms. The van der Waals surface area contributed by atoms with Crippen molar-refractivity contribution in [2.45, 2.75) is 25.7 Å². The molecule has 0 bridgehead atoms. The van der Waals surface area contributed by atoms with Crippen molar-refractivity contribution < 1.29 is 0 Å². The monoisotopic (exact) mass is 257 g/mol. The van der Waals surface area contributed by atoms with Crippen LogP contribution in [0.2, 0.25) is 0 Å². The predicted octanol–water partition coefficient (Wildman–Crippen LogP) is 2.66. The first-order valence-electron chi connectivity index (χ1n) is 6.88. The number of imidazole rings is 1. The summed E-state index contributed by atoms with van der Waals surface area (Å²) in [4.78, 5) is 4.41. The van der Waals surface area contributed by atoms with Crippen LogP contribution in [0.25, 0.3) is 0 Å². The molecule has 1 N–H and O–H groups in total. The lowest BCUT2D eigenvalue weighted by molar-refractivity contribution is 0.566. The number of nitrogens with zero attached hydrogens (tertiary/aromatic N) is 2. The van der Waals surface area contributed by atoms with Crippen LogP contribution in [-0.4, -0.2) is 23.1 Å². The average Bonchev–Trinajstić information content (AvgIpc) is 2.81. The molecule has 3 nitrogen and oxygen atoms in total. The van der Waals surface area contributed by atoms with Crippen LogP contribution in [0.15, 0.2) is 36.7 Å². The number of likely N-dealkylation sites (N-methyl/N-ethyl adjacent to an activating group) is 1. The number of benzene rings is 1. The zero-order valence-electron chi connectivity index (χ0n) is 12.1. The normalized spacial score (nSPS) is 12.6. The van der Waals surface area contributed by atoms with E-state index >= 15 is 0 Å². The molecule has 0 aliphatic carbocycles. The summed E-state index contributed by atoms with van der Waals surface area (Å²) in [6, 6.07) is 8.67. The van der Waals surface area contributed by atoms with Crippen LogP contribution in [0, 0.1) is 6.92 Å². The molecule has 0 spiro atoms. The van der Waals surface area contributed by atoms with Gasteiger partial charge in [0, 0.05) is 32.4 Å². The minimum Gasteiger partial charge on any atom is -0.338 e. The highest BCUT2D eigenvalue weighted by molar-refractivity contribution is 5.29. The van der Waals surface area contributed by atoms with Gasteiger partial charge in [0.05, 0.1) is 0 Å². The minimum atomic E-state index is 0.544. The Kier molecular flexibility index (Phi) is 4.74. The van der Waals surface area contributed by atoms with E-state index < -0.39 is 0 Å². The maximum atomic E-state index is 4.41. The summed E-state index contributed by atoms with van der Waals surface area (Å²) in [7, 11) is 4.08. The van der Waals surface area contributed by atoms with Gasteiger partial charge in [-0.25, -0.2) is 4.98 Å². The maximum absolute atomic E-state index is 4.41. The molecule has 1 atom stereocenters. The summed E-state index contributed by atoms with van der Waals surface area (Å²) in [6.07, 6.45) is 6.02. The van der Waals surface area contributed by atoms with E-state index in [0.29, 0.717) is 5.92 Å². The van der Waals surface area contributed by atoms with E-state index in [1.807, 2.05) is 19.4 Å². The fraction of sp³-hybridized carbons (Fsp3) is 0.438. The molecule has 1 heterocycles. The van der Waals surface area contributed by atoms with E-state index in [2.05, 4.69) is 53.1 Å². The van der Waals surface area contributed by atoms with Crippen LogP contribution in [0.4, 0.5) is 0 Å². The van der Waals surface area contributed by atoms with Crippen LogP contribution in [0.5, 0.6) is 0 Å². The third-order valence-electron chi connectivity index (χ3n) is 3.72. The first-order chi connectivity index (χ1) is 9.22. The van der Waals surface area contributed by atoms with Gasteiger partial charge in [-0.15, -0.1) is 0 Å². The lowest BCUT2D eigenvalue weighted by Gasteiger charge is -2.19. The van der Waals surface area contributed by atoms with Crippen molar-refractivity contribution in [2.75, 3.05) is 13.6 Å². The first kappa shape index (κ1) is 13.8. The third kappa shape index (κ3) is 3.44. The topological polar surface area (TPSA) is 29.9 Å². The molecular formula is C16H23N3. The molecule has 0 saturated heterocycles. The average molecular weight is 257 g/mol. The van der Waals surface area contributed by atoms with Gasteiger partial charge in [-0.2, -0.15) is 0 Å². The second kappa shape index (κ2) is 6.53. The fourth-order valence-corrected chi connectivity index (χ4v) is 2.60. The van der Waals surface area contributed by atoms with Gasteiger partial charge < -0.3 is 9.88 Å². The van der Waals surface area contributed by atoms with Gasteiger partial charge in [0.1, 0.15) is 5.82 Å². The third-order valence-corrected chi connectivity index (χ3v) is 3.72. The van der Waals surface area contributed by atoms with Crippen LogP contribution >= 0.6 is 0 Å². The highest BCUT2D eigenvalue weighted by atomic mass is 15.0. The van der Waals surface area contributed by atoms with Crippen LogP contribution in [0.3, 0.4) is 0 Å². The highest BCUT2D eigenvalue weighted by Crippen LogP contribution is 2.23. The molecule has 2 rings (SSSR count). The summed E-state index contributed by atoms with van der Waals surface area (Å²) < 4.78 is 2.11. The lowest BCUT2D eigenvalue weighted by atomic mass is 9.90. The van der Waals surface area contributed by atoms with E-state index in [1.54, 1.807) is 0 Å². The van der Waals surface area contributed by atoms with E-state index in [4.69, 9.17) is 0 Å². The largest absolute Gasteiger partial charge is 0.338 e. The number of hydrogen-bond acceptors (Lipinski definition) is 2. The molecule has 0 aliphatic heterocycles. The summed E-state index contributed by atoms with van der Waals surface area (Å²) in [5.41, 5.74) is 2.83. The van der Waals surface area contributed by atoms with E-state index in [0.717, 1.165) is 25.2 Å². The van der Waals surface area contributed by atoms with Crippen molar-refractivity contribution in [3.05, 3.63) is 53.6 Å². The van der Waals surface area contributed by atoms with Crippen molar-refractivity contribution >= 4 is 0 Å². The Labute approximate surface area is 115 Å². The number of nitrogens with one attached hydrogen (secondary N) is 1. The summed E-state index contributed by atoms with van der Waals surface area (Å²) >= 11 is 0. The smallest absolute Gasteiger partial charge is 0.108 e. The Morgan fingerprint density at radius 3 is 2.74 bits per heavy atom. The zero-order valence-corrected chi connectivity index (χ0v) is 12.1. The van der Waals surface area contributed by atoms with E-state index in [1.165, 1.54) is 11.1 Å². The second-order valence-corrected chi connectivity index (χ2v) is 5.10. The van der Waals surface area contributed by atoms with Crippen LogP contribution in [0.1, 0.15) is 29.3 Å². The highest BCUT2D eigenvalue weighted by Gasteiger charge is 2.13. The molecule has 0 amide bonds. The number of aromatic nitrogens is 2. The van der Waals surface area contributed by atoms with Gasteiger partial charge >= 0.3 is 0 Å². The van der Waals surface area contributed by atoms with Crippen molar-refractivity contribution in [3.8, 4) is 0 Å². The fourth-order valence-electron chi connectivity index (χ4n) is 2.60. The Hall–Kier alpha value is -1.61. The molecule has 0 fully saturated rings. The van der Waals surface area contributed by atoms with Crippen molar-refractivity contribution in [1.82, 2.24) is 14.9 Å².